The van der Waals surface area contributed by atoms with E-state index in [1.165, 1.54) is 6.92 Å². The number of rotatable bonds is 4. The fraction of sp³-hybridized carbons (Fsp3) is 0.200. The molecule has 0 bridgehead atoms. The van der Waals surface area contributed by atoms with Crippen LogP contribution in [0.1, 0.15) is 17.3 Å². The lowest BCUT2D eigenvalue weighted by Crippen LogP contribution is -2.33. The van der Waals surface area contributed by atoms with Gasteiger partial charge in [0.2, 0.25) is 5.91 Å². The highest BCUT2D eigenvalue weighted by molar-refractivity contribution is 6.03. The molecular formula is C15H16N2O3. The summed E-state index contributed by atoms with van der Waals surface area (Å²) in [5, 5.41) is 16.9. The summed E-state index contributed by atoms with van der Waals surface area (Å²) in [6.45, 7) is 2.08. The van der Waals surface area contributed by atoms with E-state index in [9.17, 15) is 14.7 Å². The van der Waals surface area contributed by atoms with Crippen molar-refractivity contribution >= 4 is 22.6 Å². The maximum atomic E-state index is 12.0. The number of fused-ring (bicyclic) bond motifs is 1. The van der Waals surface area contributed by atoms with Crippen molar-refractivity contribution in [3.8, 4) is 5.75 Å². The molecular weight excluding hydrogens is 256 g/mol. The first-order valence-corrected chi connectivity index (χ1v) is 6.33. The van der Waals surface area contributed by atoms with E-state index < -0.39 is 0 Å². The number of hydrogen-bond acceptors (Lipinski definition) is 3. The van der Waals surface area contributed by atoms with Gasteiger partial charge in [-0.1, -0.05) is 30.3 Å². The van der Waals surface area contributed by atoms with Crippen LogP contribution in [-0.4, -0.2) is 30.0 Å². The molecule has 0 aliphatic carbocycles. The van der Waals surface area contributed by atoms with E-state index in [4.69, 9.17) is 0 Å². The van der Waals surface area contributed by atoms with Crippen LogP contribution in [-0.2, 0) is 4.79 Å². The van der Waals surface area contributed by atoms with Crippen molar-refractivity contribution in [1.82, 2.24) is 10.6 Å². The first kappa shape index (κ1) is 13.9. The van der Waals surface area contributed by atoms with Gasteiger partial charge in [0.1, 0.15) is 5.75 Å². The van der Waals surface area contributed by atoms with Crippen LogP contribution in [0.4, 0.5) is 0 Å². The average Bonchev–Trinajstić information content (AvgIpc) is 2.44. The summed E-state index contributed by atoms with van der Waals surface area (Å²) in [4.78, 5) is 22.7. The Kier molecular flexibility index (Phi) is 4.20. The number of hydrogen-bond donors (Lipinski definition) is 3. The van der Waals surface area contributed by atoms with E-state index in [0.29, 0.717) is 18.5 Å². The standard InChI is InChI=1S/C15H16N2O3/c1-10(18)16-8-9-17-15(20)13-7-6-11-4-2-3-5-12(11)14(13)19/h2-7,19H,8-9H2,1H3,(H,16,18)(H,17,20). The van der Waals surface area contributed by atoms with Gasteiger partial charge < -0.3 is 15.7 Å². The minimum atomic E-state index is -0.362. The predicted molar refractivity (Wildman–Crippen MR) is 76.6 cm³/mol. The number of phenolic OH excluding ortho intramolecular Hbond substituents is 1. The molecule has 2 aromatic carbocycles. The molecule has 3 N–H and O–H groups in total. The lowest BCUT2D eigenvalue weighted by atomic mass is 10.0. The second-order valence-corrected chi connectivity index (χ2v) is 4.42. The lowest BCUT2D eigenvalue weighted by Gasteiger charge is -2.09. The van der Waals surface area contributed by atoms with Gasteiger partial charge in [-0.25, -0.2) is 0 Å². The number of benzene rings is 2. The molecule has 0 aliphatic rings. The van der Waals surface area contributed by atoms with Crippen molar-refractivity contribution in [3.05, 3.63) is 42.0 Å². The van der Waals surface area contributed by atoms with Crippen LogP contribution in [0, 0.1) is 0 Å². The van der Waals surface area contributed by atoms with E-state index in [-0.39, 0.29) is 23.1 Å². The molecule has 0 aliphatic heterocycles. The van der Waals surface area contributed by atoms with Crippen LogP contribution in [0.25, 0.3) is 10.8 Å². The van der Waals surface area contributed by atoms with Crippen LogP contribution in [0.15, 0.2) is 36.4 Å². The van der Waals surface area contributed by atoms with Crippen LogP contribution in [0.5, 0.6) is 5.75 Å². The maximum Gasteiger partial charge on any atom is 0.255 e. The van der Waals surface area contributed by atoms with E-state index in [1.54, 1.807) is 24.3 Å². The van der Waals surface area contributed by atoms with Gasteiger partial charge in [-0.2, -0.15) is 0 Å². The first-order valence-electron chi connectivity index (χ1n) is 6.33. The Morgan fingerprint density at radius 1 is 1.05 bits per heavy atom. The highest BCUT2D eigenvalue weighted by Crippen LogP contribution is 2.28. The quantitative estimate of drug-likeness (QED) is 0.736. The van der Waals surface area contributed by atoms with Gasteiger partial charge >= 0.3 is 0 Å². The highest BCUT2D eigenvalue weighted by Gasteiger charge is 2.12. The predicted octanol–water partition coefficient (Wildman–Crippen LogP) is 1.41. The number of nitrogens with one attached hydrogen (secondary N) is 2. The van der Waals surface area contributed by atoms with E-state index in [0.717, 1.165) is 5.39 Å². The van der Waals surface area contributed by atoms with Gasteiger partial charge in [-0.3, -0.25) is 9.59 Å². The van der Waals surface area contributed by atoms with E-state index in [1.807, 2.05) is 12.1 Å². The lowest BCUT2D eigenvalue weighted by molar-refractivity contribution is -0.118. The second kappa shape index (κ2) is 6.06. The van der Waals surface area contributed by atoms with Gasteiger partial charge in [-0.15, -0.1) is 0 Å². The minimum absolute atomic E-state index is 0.0277. The Morgan fingerprint density at radius 3 is 2.50 bits per heavy atom. The van der Waals surface area contributed by atoms with Crippen LogP contribution in [0.2, 0.25) is 0 Å². The number of carbonyl (C=O) groups is 2. The Balaban J connectivity index is 2.10. The fourth-order valence-corrected chi connectivity index (χ4v) is 1.95. The molecule has 2 amide bonds. The molecule has 0 heterocycles. The summed E-state index contributed by atoms with van der Waals surface area (Å²) in [5.41, 5.74) is 0.228. The number of phenols is 1. The molecule has 0 spiro atoms. The van der Waals surface area contributed by atoms with Crippen molar-refractivity contribution in [3.63, 3.8) is 0 Å². The zero-order chi connectivity index (χ0) is 14.5. The van der Waals surface area contributed by atoms with Gasteiger partial charge in [-0.05, 0) is 11.5 Å². The van der Waals surface area contributed by atoms with Gasteiger partial charge in [0, 0.05) is 25.4 Å². The van der Waals surface area contributed by atoms with E-state index in [2.05, 4.69) is 10.6 Å². The van der Waals surface area contributed by atoms with Crippen molar-refractivity contribution in [1.29, 1.82) is 0 Å². The fourth-order valence-electron chi connectivity index (χ4n) is 1.95. The summed E-state index contributed by atoms with van der Waals surface area (Å²) < 4.78 is 0. The SMILES string of the molecule is CC(=O)NCCNC(=O)c1ccc2ccccc2c1O. The van der Waals surface area contributed by atoms with Crippen molar-refractivity contribution < 1.29 is 14.7 Å². The number of amides is 2. The Labute approximate surface area is 116 Å². The number of aromatic hydroxyl groups is 1. The van der Waals surface area contributed by atoms with Crippen LogP contribution < -0.4 is 10.6 Å². The largest absolute Gasteiger partial charge is 0.506 e. The normalized spacial score (nSPS) is 10.2. The molecule has 0 saturated heterocycles. The molecule has 5 heteroatoms. The third-order valence-electron chi connectivity index (χ3n) is 2.93. The second-order valence-electron chi connectivity index (χ2n) is 4.42. The van der Waals surface area contributed by atoms with Crippen molar-refractivity contribution in [2.75, 3.05) is 13.1 Å². The molecule has 0 atom stereocenters. The topological polar surface area (TPSA) is 78.4 Å². The molecule has 2 rings (SSSR count). The summed E-state index contributed by atoms with van der Waals surface area (Å²) in [7, 11) is 0. The minimum Gasteiger partial charge on any atom is -0.506 e. The zero-order valence-corrected chi connectivity index (χ0v) is 11.1. The third-order valence-corrected chi connectivity index (χ3v) is 2.93. The molecule has 0 saturated carbocycles. The monoisotopic (exact) mass is 272 g/mol. The molecule has 5 nitrogen and oxygen atoms in total. The van der Waals surface area contributed by atoms with E-state index >= 15 is 0 Å². The molecule has 0 aromatic heterocycles. The summed E-state index contributed by atoms with van der Waals surface area (Å²) in [6.07, 6.45) is 0. The molecule has 104 valence electrons. The van der Waals surface area contributed by atoms with Gasteiger partial charge in [0.15, 0.2) is 0 Å². The summed E-state index contributed by atoms with van der Waals surface area (Å²) in [5.74, 6) is -0.536. The molecule has 2 aromatic rings. The summed E-state index contributed by atoms with van der Waals surface area (Å²) >= 11 is 0. The molecule has 0 fully saturated rings. The van der Waals surface area contributed by atoms with Gasteiger partial charge in [0.05, 0.1) is 5.56 Å². The van der Waals surface area contributed by atoms with Crippen LogP contribution in [0.3, 0.4) is 0 Å². The molecule has 0 unspecified atom stereocenters. The highest BCUT2D eigenvalue weighted by atomic mass is 16.3. The number of carbonyl (C=O) groups excluding carboxylic acids is 2. The van der Waals surface area contributed by atoms with Crippen molar-refractivity contribution in [2.24, 2.45) is 0 Å². The Bertz CT molecular complexity index is 653. The average molecular weight is 272 g/mol. The third kappa shape index (κ3) is 3.06. The smallest absolute Gasteiger partial charge is 0.255 e. The molecule has 0 radical (unpaired) electrons. The zero-order valence-electron chi connectivity index (χ0n) is 11.1. The van der Waals surface area contributed by atoms with Crippen LogP contribution >= 0.6 is 0 Å². The maximum absolute atomic E-state index is 12.0. The van der Waals surface area contributed by atoms with Gasteiger partial charge in [0.25, 0.3) is 5.91 Å². The Morgan fingerprint density at radius 2 is 1.75 bits per heavy atom. The molecule has 20 heavy (non-hydrogen) atoms. The summed E-state index contributed by atoms with van der Waals surface area (Å²) in [6, 6.07) is 10.7. The first-order chi connectivity index (χ1) is 9.59. The Hall–Kier alpha value is -2.56. The van der Waals surface area contributed by atoms with Crippen molar-refractivity contribution in [2.45, 2.75) is 6.92 Å².